The minimum atomic E-state index is 0.783. The Morgan fingerprint density at radius 2 is 1.85 bits per heavy atom. The van der Waals surface area contributed by atoms with Gasteiger partial charge in [-0.25, -0.2) is 0 Å². The zero-order valence-corrected chi connectivity index (χ0v) is 12.7. The Balaban J connectivity index is 1.68. The van der Waals surface area contributed by atoms with E-state index >= 15 is 0 Å². The molecular formula is C16H26N2O2. The van der Waals surface area contributed by atoms with E-state index < -0.39 is 0 Å². The van der Waals surface area contributed by atoms with Crippen LogP contribution >= 0.6 is 0 Å². The molecule has 20 heavy (non-hydrogen) atoms. The van der Waals surface area contributed by atoms with E-state index in [1.54, 1.807) is 14.2 Å². The summed E-state index contributed by atoms with van der Waals surface area (Å²) in [6, 6.07) is 6.07. The lowest BCUT2D eigenvalue weighted by atomic mass is 10.2. The van der Waals surface area contributed by atoms with Crippen molar-refractivity contribution in [3.63, 3.8) is 0 Å². The predicted octanol–water partition coefficient (Wildman–Crippen LogP) is 2.28. The minimum absolute atomic E-state index is 0.783. The van der Waals surface area contributed by atoms with Crippen molar-refractivity contribution in [1.82, 2.24) is 10.2 Å². The molecule has 4 nitrogen and oxygen atoms in total. The normalized spacial score (nSPS) is 15.5. The van der Waals surface area contributed by atoms with Crippen LogP contribution in [0.2, 0.25) is 0 Å². The summed E-state index contributed by atoms with van der Waals surface area (Å²) in [5.41, 5.74) is 1.23. The van der Waals surface area contributed by atoms with Gasteiger partial charge in [0.05, 0.1) is 14.2 Å². The van der Waals surface area contributed by atoms with Gasteiger partial charge in [0, 0.05) is 6.54 Å². The molecule has 112 valence electrons. The smallest absolute Gasteiger partial charge is 0.161 e. The van der Waals surface area contributed by atoms with Crippen LogP contribution in [0.4, 0.5) is 0 Å². The fourth-order valence-corrected chi connectivity index (χ4v) is 2.66. The highest BCUT2D eigenvalue weighted by Crippen LogP contribution is 2.27. The van der Waals surface area contributed by atoms with Crippen LogP contribution in [0, 0.1) is 0 Å². The quantitative estimate of drug-likeness (QED) is 0.740. The number of nitrogens with one attached hydrogen (secondary N) is 1. The molecule has 4 heteroatoms. The number of rotatable bonds is 8. The zero-order chi connectivity index (χ0) is 14.2. The highest BCUT2D eigenvalue weighted by molar-refractivity contribution is 5.42. The molecule has 0 bridgehead atoms. The van der Waals surface area contributed by atoms with Gasteiger partial charge in [0.15, 0.2) is 11.5 Å². The molecule has 0 unspecified atom stereocenters. The highest BCUT2D eigenvalue weighted by Gasteiger charge is 2.10. The summed E-state index contributed by atoms with van der Waals surface area (Å²) in [6.07, 6.45) is 3.96. The van der Waals surface area contributed by atoms with Gasteiger partial charge in [-0.2, -0.15) is 0 Å². The number of hydrogen-bond acceptors (Lipinski definition) is 4. The average Bonchev–Trinajstić information content (AvgIpc) is 3.00. The van der Waals surface area contributed by atoms with E-state index in [0.29, 0.717) is 0 Å². The number of nitrogens with zero attached hydrogens (tertiary/aromatic N) is 1. The molecule has 1 aromatic rings. The van der Waals surface area contributed by atoms with Crippen LogP contribution < -0.4 is 14.8 Å². The molecule has 0 spiro atoms. The summed E-state index contributed by atoms with van der Waals surface area (Å²) in [7, 11) is 3.33. The van der Waals surface area contributed by atoms with Gasteiger partial charge in [0.1, 0.15) is 0 Å². The van der Waals surface area contributed by atoms with Crippen LogP contribution in [0.15, 0.2) is 18.2 Å². The fraction of sp³-hybridized carbons (Fsp3) is 0.625. The third-order valence-electron chi connectivity index (χ3n) is 3.80. The van der Waals surface area contributed by atoms with E-state index in [-0.39, 0.29) is 0 Å². The second-order valence-corrected chi connectivity index (χ2v) is 5.27. The minimum Gasteiger partial charge on any atom is -0.493 e. The molecular weight excluding hydrogens is 252 g/mol. The van der Waals surface area contributed by atoms with Crippen LogP contribution in [0.1, 0.15) is 24.8 Å². The summed E-state index contributed by atoms with van der Waals surface area (Å²) in [6.45, 7) is 5.73. The lowest BCUT2D eigenvalue weighted by molar-refractivity contribution is 0.331. The zero-order valence-electron chi connectivity index (χ0n) is 12.7. The first kappa shape index (κ1) is 15.1. The summed E-state index contributed by atoms with van der Waals surface area (Å²) in [4.78, 5) is 2.55. The van der Waals surface area contributed by atoms with Crippen LogP contribution in [0.25, 0.3) is 0 Å². The van der Waals surface area contributed by atoms with Crippen molar-refractivity contribution in [3.05, 3.63) is 23.8 Å². The maximum atomic E-state index is 5.31. The summed E-state index contributed by atoms with van der Waals surface area (Å²) >= 11 is 0. The van der Waals surface area contributed by atoms with Gasteiger partial charge in [-0.1, -0.05) is 6.07 Å². The Morgan fingerprint density at radius 1 is 1.10 bits per heavy atom. The van der Waals surface area contributed by atoms with Gasteiger partial charge in [-0.3, -0.25) is 0 Å². The molecule has 1 aliphatic heterocycles. The van der Waals surface area contributed by atoms with Crippen molar-refractivity contribution in [2.45, 2.75) is 25.8 Å². The van der Waals surface area contributed by atoms with Gasteiger partial charge in [0.25, 0.3) is 0 Å². The number of hydrogen-bond donors (Lipinski definition) is 1. The maximum Gasteiger partial charge on any atom is 0.161 e. The SMILES string of the molecule is COc1ccc(CNCCCN2CCCC2)cc1OC. The average molecular weight is 278 g/mol. The second kappa shape index (κ2) is 8.12. The van der Waals surface area contributed by atoms with E-state index in [9.17, 15) is 0 Å². The molecule has 1 N–H and O–H groups in total. The third kappa shape index (κ3) is 4.39. The first-order valence-corrected chi connectivity index (χ1v) is 7.47. The van der Waals surface area contributed by atoms with Crippen molar-refractivity contribution < 1.29 is 9.47 Å². The lowest BCUT2D eigenvalue weighted by Gasteiger charge is -2.14. The summed E-state index contributed by atoms with van der Waals surface area (Å²) in [5, 5.41) is 3.49. The number of methoxy groups -OCH3 is 2. The second-order valence-electron chi connectivity index (χ2n) is 5.27. The topological polar surface area (TPSA) is 33.7 Å². The first-order chi connectivity index (χ1) is 9.83. The molecule has 0 saturated carbocycles. The number of benzene rings is 1. The van der Waals surface area contributed by atoms with Crippen LogP contribution in [0.3, 0.4) is 0 Å². The van der Waals surface area contributed by atoms with Gasteiger partial charge < -0.3 is 19.7 Å². The van der Waals surface area contributed by atoms with Crippen molar-refractivity contribution in [3.8, 4) is 11.5 Å². The van der Waals surface area contributed by atoms with E-state index in [4.69, 9.17) is 9.47 Å². The van der Waals surface area contributed by atoms with Crippen LogP contribution in [-0.2, 0) is 6.54 Å². The molecule has 2 rings (SSSR count). The Morgan fingerprint density at radius 3 is 2.55 bits per heavy atom. The molecule has 1 aromatic carbocycles. The largest absolute Gasteiger partial charge is 0.493 e. The molecule has 0 radical (unpaired) electrons. The highest BCUT2D eigenvalue weighted by atomic mass is 16.5. The Kier molecular flexibility index (Phi) is 6.15. The monoisotopic (exact) mass is 278 g/mol. The molecule has 0 aromatic heterocycles. The van der Waals surface area contributed by atoms with Gasteiger partial charge >= 0.3 is 0 Å². The molecule has 1 aliphatic rings. The molecule has 0 aliphatic carbocycles. The van der Waals surface area contributed by atoms with Crippen molar-refractivity contribution >= 4 is 0 Å². The van der Waals surface area contributed by atoms with E-state index in [1.807, 2.05) is 12.1 Å². The summed E-state index contributed by atoms with van der Waals surface area (Å²) < 4.78 is 10.6. The van der Waals surface area contributed by atoms with E-state index in [0.717, 1.165) is 24.6 Å². The number of ether oxygens (including phenoxy) is 2. The summed E-state index contributed by atoms with van der Waals surface area (Å²) in [5.74, 6) is 1.58. The predicted molar refractivity (Wildman–Crippen MR) is 81.5 cm³/mol. The Labute approximate surface area is 122 Å². The van der Waals surface area contributed by atoms with Crippen molar-refractivity contribution in [2.75, 3.05) is 40.4 Å². The first-order valence-electron chi connectivity index (χ1n) is 7.47. The van der Waals surface area contributed by atoms with Gasteiger partial charge in [0.2, 0.25) is 0 Å². The molecule has 1 heterocycles. The van der Waals surface area contributed by atoms with Gasteiger partial charge in [-0.15, -0.1) is 0 Å². The van der Waals surface area contributed by atoms with E-state index in [2.05, 4.69) is 16.3 Å². The van der Waals surface area contributed by atoms with Crippen molar-refractivity contribution in [2.24, 2.45) is 0 Å². The molecule has 0 amide bonds. The van der Waals surface area contributed by atoms with Crippen LogP contribution in [0.5, 0.6) is 11.5 Å². The fourth-order valence-electron chi connectivity index (χ4n) is 2.66. The lowest BCUT2D eigenvalue weighted by Crippen LogP contribution is -2.24. The van der Waals surface area contributed by atoms with Crippen molar-refractivity contribution in [1.29, 1.82) is 0 Å². The molecule has 1 fully saturated rings. The van der Waals surface area contributed by atoms with Crippen LogP contribution in [-0.4, -0.2) is 45.3 Å². The molecule has 1 saturated heterocycles. The Bertz CT molecular complexity index is 403. The number of likely N-dealkylation sites (tertiary alicyclic amines) is 1. The maximum absolute atomic E-state index is 5.31. The van der Waals surface area contributed by atoms with Gasteiger partial charge in [-0.05, 0) is 63.1 Å². The Hall–Kier alpha value is -1.26. The third-order valence-corrected chi connectivity index (χ3v) is 3.80. The molecule has 0 atom stereocenters. The standard InChI is InChI=1S/C16H26N2O2/c1-19-15-7-6-14(12-16(15)20-2)13-17-8-5-11-18-9-3-4-10-18/h6-7,12,17H,3-5,8-11,13H2,1-2H3. The van der Waals surface area contributed by atoms with E-state index in [1.165, 1.54) is 44.5 Å².